The molecule has 0 saturated heterocycles. The van der Waals surface area contributed by atoms with E-state index in [2.05, 4.69) is 42.6 Å². The molecule has 1 aromatic carbocycles. The van der Waals surface area contributed by atoms with Gasteiger partial charge in [0.05, 0.1) is 11.9 Å². The van der Waals surface area contributed by atoms with E-state index in [9.17, 15) is 13.6 Å². The van der Waals surface area contributed by atoms with Crippen LogP contribution in [0.5, 0.6) is 0 Å². The van der Waals surface area contributed by atoms with E-state index in [0.29, 0.717) is 28.4 Å². The van der Waals surface area contributed by atoms with Gasteiger partial charge in [-0.15, -0.1) is 0 Å². The predicted octanol–water partition coefficient (Wildman–Crippen LogP) is 4.16. The summed E-state index contributed by atoms with van der Waals surface area (Å²) in [5.41, 5.74) is 2.45. The van der Waals surface area contributed by atoms with Gasteiger partial charge in [-0.3, -0.25) is 9.48 Å². The zero-order valence-corrected chi connectivity index (χ0v) is 17.4. The number of aromatic nitrogens is 5. The minimum atomic E-state index is -1.20. The fraction of sp³-hybridized carbons (Fsp3) is 0.0455. The molecule has 3 heterocycles. The van der Waals surface area contributed by atoms with Gasteiger partial charge in [-0.25, -0.2) is 14.4 Å². The van der Waals surface area contributed by atoms with Crippen molar-refractivity contribution in [1.29, 1.82) is 0 Å². The zero-order valence-electron chi connectivity index (χ0n) is 17.4. The number of amides is 1. The van der Waals surface area contributed by atoms with Crippen LogP contribution in [0.1, 0.15) is 0 Å². The van der Waals surface area contributed by atoms with E-state index in [0.717, 1.165) is 12.1 Å². The van der Waals surface area contributed by atoms with Crippen molar-refractivity contribution in [2.24, 2.45) is 7.05 Å². The Morgan fingerprint density at radius 3 is 2.61 bits per heavy atom. The molecule has 9 nitrogen and oxygen atoms in total. The Labute approximate surface area is 187 Å². The molecular formula is C22H18F2N8O. The molecule has 4 aromatic rings. The Morgan fingerprint density at radius 2 is 1.88 bits per heavy atom. The van der Waals surface area contributed by atoms with Crippen LogP contribution in [0, 0.1) is 11.8 Å². The van der Waals surface area contributed by atoms with Crippen LogP contribution in [0.25, 0.3) is 11.1 Å². The first kappa shape index (κ1) is 21.6. The molecule has 0 saturated carbocycles. The molecule has 4 rings (SSSR count). The first-order chi connectivity index (χ1) is 15.9. The molecule has 0 spiro atoms. The molecule has 0 radical (unpaired) electrons. The van der Waals surface area contributed by atoms with E-state index in [1.54, 1.807) is 48.4 Å². The lowest BCUT2D eigenvalue weighted by atomic mass is 10.1. The number of hydrogen-bond donors (Lipinski definition) is 3. The number of carbonyl (C=O) groups excluding carboxylic acids is 1. The van der Waals surface area contributed by atoms with E-state index in [-0.39, 0.29) is 17.4 Å². The number of aryl methyl sites for hydroxylation is 1. The zero-order chi connectivity index (χ0) is 23.4. The topological polar surface area (TPSA) is 110 Å². The lowest BCUT2D eigenvalue weighted by Crippen LogP contribution is -2.07. The Kier molecular flexibility index (Phi) is 6.02. The van der Waals surface area contributed by atoms with Crippen LogP contribution in [-0.2, 0) is 11.8 Å². The molecule has 0 unspecified atom stereocenters. The molecule has 0 bridgehead atoms. The summed E-state index contributed by atoms with van der Waals surface area (Å²) in [6.45, 7) is 3.43. The van der Waals surface area contributed by atoms with Crippen LogP contribution in [0.3, 0.4) is 0 Å². The van der Waals surface area contributed by atoms with E-state index < -0.39 is 11.8 Å². The van der Waals surface area contributed by atoms with E-state index in [4.69, 9.17) is 0 Å². The molecule has 11 heteroatoms. The summed E-state index contributed by atoms with van der Waals surface area (Å²) in [5.74, 6) is -2.09. The van der Waals surface area contributed by atoms with Gasteiger partial charge in [-0.2, -0.15) is 14.5 Å². The first-order valence-corrected chi connectivity index (χ1v) is 9.66. The summed E-state index contributed by atoms with van der Waals surface area (Å²) in [7, 11) is 1.77. The van der Waals surface area contributed by atoms with Crippen LogP contribution < -0.4 is 16.0 Å². The summed E-state index contributed by atoms with van der Waals surface area (Å²) in [6.07, 6.45) is 7.17. The number of halogens is 2. The summed E-state index contributed by atoms with van der Waals surface area (Å²) in [4.78, 5) is 23.8. The molecule has 0 aliphatic heterocycles. The highest BCUT2D eigenvalue weighted by atomic mass is 19.2. The fourth-order valence-corrected chi connectivity index (χ4v) is 2.94. The maximum atomic E-state index is 13.8. The molecule has 0 aliphatic rings. The summed E-state index contributed by atoms with van der Waals surface area (Å²) >= 11 is 0. The van der Waals surface area contributed by atoms with Crippen LogP contribution in [0.4, 0.5) is 37.6 Å². The smallest absolute Gasteiger partial charge is 0.248 e. The number of pyridine rings is 1. The average molecular weight is 448 g/mol. The molecule has 0 fully saturated rings. The Bertz CT molecular complexity index is 1340. The molecule has 3 N–H and O–H groups in total. The van der Waals surface area contributed by atoms with Crippen LogP contribution >= 0.6 is 0 Å². The van der Waals surface area contributed by atoms with Gasteiger partial charge < -0.3 is 16.0 Å². The molecule has 3 aromatic heterocycles. The minimum absolute atomic E-state index is 0.251. The van der Waals surface area contributed by atoms with Crippen molar-refractivity contribution in [2.45, 2.75) is 0 Å². The van der Waals surface area contributed by atoms with E-state index >= 15 is 0 Å². The Balaban J connectivity index is 1.71. The highest BCUT2D eigenvalue weighted by Crippen LogP contribution is 2.30. The van der Waals surface area contributed by atoms with Crippen molar-refractivity contribution >= 4 is 34.7 Å². The van der Waals surface area contributed by atoms with Crippen molar-refractivity contribution in [2.75, 3.05) is 16.0 Å². The summed E-state index contributed by atoms with van der Waals surface area (Å²) < 4.78 is 28.8. The van der Waals surface area contributed by atoms with Crippen LogP contribution in [0.15, 0.2) is 67.8 Å². The van der Waals surface area contributed by atoms with Gasteiger partial charge in [0.2, 0.25) is 17.8 Å². The normalized spacial score (nSPS) is 10.5. The van der Waals surface area contributed by atoms with Gasteiger partial charge in [0.15, 0.2) is 5.82 Å². The molecular weight excluding hydrogens is 430 g/mol. The first-order valence-electron chi connectivity index (χ1n) is 9.66. The van der Waals surface area contributed by atoms with Crippen molar-refractivity contribution in [1.82, 2.24) is 24.7 Å². The second-order valence-corrected chi connectivity index (χ2v) is 6.88. The standard InChI is InChI=1S/C22H18F2N8O/c1-3-19(33)28-14-5-4-6-15(8-14)29-21-17(13-7-18(23)20(24)25-9-13)11-26-22(31-21)30-16-10-27-32(2)12-16/h3-12H,1H2,2H3,(H,28,33)(H2,26,29,30,31). The van der Waals surface area contributed by atoms with Crippen molar-refractivity contribution in [3.63, 3.8) is 0 Å². The maximum Gasteiger partial charge on any atom is 0.248 e. The molecule has 1 amide bonds. The predicted molar refractivity (Wildman–Crippen MR) is 120 cm³/mol. The maximum absolute atomic E-state index is 13.8. The number of nitrogens with one attached hydrogen (secondary N) is 3. The molecule has 33 heavy (non-hydrogen) atoms. The third kappa shape index (κ3) is 5.15. The van der Waals surface area contributed by atoms with Crippen molar-refractivity contribution < 1.29 is 13.6 Å². The number of rotatable bonds is 7. The molecule has 166 valence electrons. The lowest BCUT2D eigenvalue weighted by molar-refractivity contribution is -0.111. The van der Waals surface area contributed by atoms with Crippen molar-refractivity contribution in [3.05, 3.63) is 79.5 Å². The van der Waals surface area contributed by atoms with Gasteiger partial charge in [0, 0.05) is 48.1 Å². The fourth-order valence-electron chi connectivity index (χ4n) is 2.94. The number of hydrogen-bond acceptors (Lipinski definition) is 7. The highest BCUT2D eigenvalue weighted by Gasteiger charge is 2.14. The number of benzene rings is 1. The Morgan fingerprint density at radius 1 is 1.06 bits per heavy atom. The van der Waals surface area contributed by atoms with E-state index in [1.165, 1.54) is 12.4 Å². The third-order valence-corrected chi connectivity index (χ3v) is 4.44. The molecule has 0 aliphatic carbocycles. The Hall–Kier alpha value is -4.67. The number of carbonyl (C=O) groups is 1. The van der Waals surface area contributed by atoms with Gasteiger partial charge in [0.25, 0.3) is 0 Å². The second kappa shape index (κ2) is 9.22. The van der Waals surface area contributed by atoms with Crippen LogP contribution in [0.2, 0.25) is 0 Å². The molecule has 0 atom stereocenters. The summed E-state index contributed by atoms with van der Waals surface area (Å²) in [6, 6.07) is 7.90. The average Bonchev–Trinajstić information content (AvgIpc) is 3.20. The lowest BCUT2D eigenvalue weighted by Gasteiger charge is -2.14. The number of nitrogens with zero attached hydrogens (tertiary/aromatic N) is 5. The quantitative estimate of drug-likeness (QED) is 0.288. The largest absolute Gasteiger partial charge is 0.339 e. The van der Waals surface area contributed by atoms with Gasteiger partial charge in [-0.1, -0.05) is 12.6 Å². The summed E-state index contributed by atoms with van der Waals surface area (Å²) in [5, 5.41) is 12.9. The third-order valence-electron chi connectivity index (χ3n) is 4.44. The minimum Gasteiger partial charge on any atom is -0.339 e. The van der Waals surface area contributed by atoms with E-state index in [1.807, 2.05) is 0 Å². The van der Waals surface area contributed by atoms with Gasteiger partial charge in [-0.05, 0) is 30.3 Å². The second-order valence-electron chi connectivity index (χ2n) is 6.88. The van der Waals surface area contributed by atoms with Gasteiger partial charge >= 0.3 is 0 Å². The van der Waals surface area contributed by atoms with Crippen LogP contribution in [-0.4, -0.2) is 30.6 Å². The van der Waals surface area contributed by atoms with Crippen molar-refractivity contribution in [3.8, 4) is 11.1 Å². The monoisotopic (exact) mass is 448 g/mol. The van der Waals surface area contributed by atoms with Gasteiger partial charge in [0.1, 0.15) is 5.82 Å². The highest BCUT2D eigenvalue weighted by molar-refractivity contribution is 5.99. The number of anilines is 5. The SMILES string of the molecule is C=CC(=O)Nc1cccc(Nc2nc(Nc3cnn(C)c3)ncc2-c2cnc(F)c(F)c2)c1.